The highest BCUT2D eigenvalue weighted by Gasteiger charge is 2.34. The van der Waals surface area contributed by atoms with Crippen LogP contribution in [0.4, 0.5) is 4.39 Å². The van der Waals surface area contributed by atoms with E-state index in [0.717, 1.165) is 33.8 Å². The zero-order valence-corrected chi connectivity index (χ0v) is 11.6. The third kappa shape index (κ3) is 1.70. The highest BCUT2D eigenvalue weighted by molar-refractivity contribution is 8.00. The normalized spacial score (nSPS) is 16.5. The summed E-state index contributed by atoms with van der Waals surface area (Å²) in [6.45, 7) is 0. The lowest BCUT2D eigenvalue weighted by molar-refractivity contribution is -0.136. The predicted octanol–water partition coefficient (Wildman–Crippen LogP) is 4.21. The molecule has 3 nitrogen and oxygen atoms in total. The van der Waals surface area contributed by atoms with Crippen LogP contribution in [0.2, 0.25) is 0 Å². The molecule has 0 bridgehead atoms. The van der Waals surface area contributed by atoms with Gasteiger partial charge in [0.05, 0.1) is 10.6 Å². The third-order valence-corrected chi connectivity index (χ3v) is 5.03. The van der Waals surface area contributed by atoms with Gasteiger partial charge in [0.1, 0.15) is 11.1 Å². The van der Waals surface area contributed by atoms with Crippen LogP contribution in [-0.4, -0.2) is 16.1 Å². The van der Waals surface area contributed by atoms with Gasteiger partial charge >= 0.3 is 5.97 Å². The molecule has 0 aliphatic carbocycles. The van der Waals surface area contributed by atoms with E-state index in [0.29, 0.717) is 10.6 Å². The topological polar surface area (TPSA) is 53.1 Å². The number of carboxylic acids is 1. The number of aliphatic carboxylic acids is 1. The van der Waals surface area contributed by atoms with Crippen molar-refractivity contribution in [3.63, 3.8) is 0 Å². The molecule has 1 aliphatic heterocycles. The second kappa shape index (κ2) is 4.36. The molecule has 0 amide bonds. The molecule has 2 heterocycles. The van der Waals surface area contributed by atoms with E-state index in [-0.39, 0.29) is 5.82 Å². The van der Waals surface area contributed by atoms with Gasteiger partial charge < -0.3 is 10.1 Å². The number of carbonyl (C=O) groups is 1. The molecule has 3 aromatic rings. The Bertz CT molecular complexity index is 887. The van der Waals surface area contributed by atoms with E-state index in [1.54, 1.807) is 6.07 Å². The summed E-state index contributed by atoms with van der Waals surface area (Å²) in [4.78, 5) is 15.3. The molecule has 0 radical (unpaired) electrons. The second-order valence-electron chi connectivity index (χ2n) is 4.91. The Hall–Kier alpha value is -2.27. The van der Waals surface area contributed by atoms with Crippen molar-refractivity contribution in [3.8, 4) is 11.3 Å². The molecule has 1 aliphatic rings. The number of hydrogen-bond donors (Lipinski definition) is 2. The number of carboxylic acid groups (broad SMARTS) is 1. The fourth-order valence-electron chi connectivity index (χ4n) is 2.82. The van der Waals surface area contributed by atoms with Crippen LogP contribution >= 0.6 is 11.8 Å². The Balaban J connectivity index is 2.12. The van der Waals surface area contributed by atoms with Crippen LogP contribution in [0.25, 0.3) is 22.2 Å². The predicted molar refractivity (Wildman–Crippen MR) is 79.9 cm³/mol. The zero-order chi connectivity index (χ0) is 14.6. The van der Waals surface area contributed by atoms with Crippen molar-refractivity contribution >= 4 is 28.6 Å². The summed E-state index contributed by atoms with van der Waals surface area (Å²) in [6.07, 6.45) is 0. The van der Waals surface area contributed by atoms with Crippen LogP contribution in [-0.2, 0) is 4.79 Å². The number of rotatable bonds is 1. The summed E-state index contributed by atoms with van der Waals surface area (Å²) in [6, 6.07) is 12.4. The number of thioether (sulfide) groups is 1. The van der Waals surface area contributed by atoms with Crippen LogP contribution in [0.15, 0.2) is 47.4 Å². The minimum Gasteiger partial charge on any atom is -0.480 e. The Morgan fingerprint density at radius 3 is 2.81 bits per heavy atom. The van der Waals surface area contributed by atoms with Crippen molar-refractivity contribution < 1.29 is 14.3 Å². The Kier molecular flexibility index (Phi) is 2.59. The van der Waals surface area contributed by atoms with Crippen molar-refractivity contribution in [2.45, 2.75) is 10.1 Å². The average Bonchev–Trinajstić information content (AvgIpc) is 2.86. The van der Waals surface area contributed by atoms with Gasteiger partial charge in [-0.15, -0.1) is 11.8 Å². The number of nitrogens with one attached hydrogen (secondary N) is 1. The molecule has 2 aromatic carbocycles. The molecular formula is C16H10FNO2S. The van der Waals surface area contributed by atoms with Crippen LogP contribution in [0.3, 0.4) is 0 Å². The molecule has 2 N–H and O–H groups in total. The molecule has 1 unspecified atom stereocenters. The number of aromatic nitrogens is 1. The molecule has 0 spiro atoms. The van der Waals surface area contributed by atoms with Crippen LogP contribution in [0, 0.1) is 5.82 Å². The Morgan fingerprint density at radius 2 is 2.00 bits per heavy atom. The maximum Gasteiger partial charge on any atom is 0.321 e. The molecule has 0 saturated carbocycles. The van der Waals surface area contributed by atoms with Crippen LogP contribution in [0.5, 0.6) is 0 Å². The maximum absolute atomic E-state index is 14.0. The number of H-pyrrole nitrogens is 1. The molecule has 0 fully saturated rings. The number of aromatic amines is 1. The van der Waals surface area contributed by atoms with Gasteiger partial charge in [-0.1, -0.05) is 30.3 Å². The van der Waals surface area contributed by atoms with E-state index < -0.39 is 11.2 Å². The minimum atomic E-state index is -0.958. The van der Waals surface area contributed by atoms with Crippen molar-refractivity contribution in [3.05, 3.63) is 53.8 Å². The second-order valence-corrected chi connectivity index (χ2v) is 6.03. The summed E-state index contributed by atoms with van der Waals surface area (Å²) in [5, 5.41) is 9.59. The fourth-order valence-corrected chi connectivity index (χ4v) is 4.00. The molecule has 104 valence electrons. The van der Waals surface area contributed by atoms with E-state index in [4.69, 9.17) is 0 Å². The van der Waals surface area contributed by atoms with Gasteiger partial charge in [0, 0.05) is 22.0 Å². The molecule has 1 aromatic heterocycles. The first-order chi connectivity index (χ1) is 10.2. The smallest absolute Gasteiger partial charge is 0.321 e. The standard InChI is InChI=1S/C16H10FNO2S/c17-10-6-3-5-9-13-12(15(16(19)20)21-14(9)10)8-4-1-2-7-11(8)18-13/h1-7,15,18H,(H,19,20). The number of benzene rings is 2. The summed E-state index contributed by atoms with van der Waals surface area (Å²) >= 11 is 1.06. The quantitative estimate of drug-likeness (QED) is 0.708. The first kappa shape index (κ1) is 12.5. The molecule has 4 rings (SSSR count). The number of para-hydroxylation sites is 1. The largest absolute Gasteiger partial charge is 0.480 e. The monoisotopic (exact) mass is 299 g/mol. The Labute approximate surface area is 123 Å². The minimum absolute atomic E-state index is 0.381. The highest BCUT2D eigenvalue weighted by Crippen LogP contribution is 2.52. The molecule has 0 saturated heterocycles. The van der Waals surface area contributed by atoms with Gasteiger partial charge in [0.25, 0.3) is 0 Å². The maximum atomic E-state index is 14.0. The average molecular weight is 299 g/mol. The zero-order valence-electron chi connectivity index (χ0n) is 10.8. The van der Waals surface area contributed by atoms with Crippen molar-refractivity contribution in [2.75, 3.05) is 0 Å². The van der Waals surface area contributed by atoms with Crippen molar-refractivity contribution in [1.82, 2.24) is 4.98 Å². The summed E-state index contributed by atoms with van der Waals surface area (Å²) in [7, 11) is 0. The van der Waals surface area contributed by atoms with Crippen LogP contribution in [0.1, 0.15) is 10.8 Å². The van der Waals surface area contributed by atoms with E-state index >= 15 is 0 Å². The van der Waals surface area contributed by atoms with Crippen molar-refractivity contribution in [1.29, 1.82) is 0 Å². The first-order valence-corrected chi connectivity index (χ1v) is 7.33. The molecule has 5 heteroatoms. The fraction of sp³-hybridized carbons (Fsp3) is 0.0625. The van der Waals surface area contributed by atoms with Gasteiger partial charge in [-0.25, -0.2) is 4.39 Å². The third-order valence-electron chi connectivity index (χ3n) is 3.70. The first-order valence-electron chi connectivity index (χ1n) is 6.46. The summed E-state index contributed by atoms with van der Waals surface area (Å²) in [5.41, 5.74) is 3.02. The Morgan fingerprint density at radius 1 is 1.19 bits per heavy atom. The van der Waals surface area contributed by atoms with E-state index in [2.05, 4.69) is 4.98 Å². The molecule has 1 atom stereocenters. The van der Waals surface area contributed by atoms with Gasteiger partial charge in [0.15, 0.2) is 0 Å². The van der Waals surface area contributed by atoms with E-state index in [1.807, 2.05) is 30.3 Å². The SMILES string of the molecule is O=C(O)C1Sc2c(F)cccc2-c2[nH]c3ccccc3c21. The lowest BCUT2D eigenvalue weighted by atomic mass is 10.0. The van der Waals surface area contributed by atoms with Gasteiger partial charge in [-0.3, -0.25) is 4.79 Å². The van der Waals surface area contributed by atoms with Gasteiger partial charge in [-0.2, -0.15) is 0 Å². The lowest BCUT2D eigenvalue weighted by Crippen LogP contribution is -2.12. The summed E-state index contributed by atoms with van der Waals surface area (Å²) < 4.78 is 14.0. The highest BCUT2D eigenvalue weighted by atomic mass is 32.2. The van der Waals surface area contributed by atoms with E-state index in [1.165, 1.54) is 6.07 Å². The number of halogens is 1. The summed E-state index contributed by atoms with van der Waals surface area (Å²) in [5.74, 6) is -1.34. The molecule has 21 heavy (non-hydrogen) atoms. The van der Waals surface area contributed by atoms with Gasteiger partial charge in [0.2, 0.25) is 0 Å². The van der Waals surface area contributed by atoms with Crippen LogP contribution < -0.4 is 0 Å². The van der Waals surface area contributed by atoms with E-state index in [9.17, 15) is 14.3 Å². The van der Waals surface area contributed by atoms with Crippen molar-refractivity contribution in [2.24, 2.45) is 0 Å². The number of hydrogen-bond acceptors (Lipinski definition) is 2. The number of fused-ring (bicyclic) bond motifs is 5. The van der Waals surface area contributed by atoms with Gasteiger partial charge in [-0.05, 0) is 12.1 Å². The lowest BCUT2D eigenvalue weighted by Gasteiger charge is -2.22. The molecular weight excluding hydrogens is 289 g/mol.